The molecule has 0 aliphatic heterocycles. The summed E-state index contributed by atoms with van der Waals surface area (Å²) < 4.78 is 18.1. The van der Waals surface area contributed by atoms with Crippen molar-refractivity contribution in [3.63, 3.8) is 0 Å². The second-order valence-corrected chi connectivity index (χ2v) is 5.74. The van der Waals surface area contributed by atoms with Crippen LogP contribution in [0.5, 0.6) is 5.75 Å². The average molecular weight is 496 g/mol. The van der Waals surface area contributed by atoms with Gasteiger partial charge in [0, 0.05) is 19.2 Å². The van der Waals surface area contributed by atoms with Crippen molar-refractivity contribution in [2.24, 2.45) is 4.99 Å². The zero-order valence-corrected chi connectivity index (χ0v) is 17.9. The average Bonchev–Trinajstić information content (AvgIpc) is 3.18. The molecule has 28 heavy (non-hydrogen) atoms. The summed E-state index contributed by atoms with van der Waals surface area (Å²) in [5, 5.41) is 13.5. The minimum Gasteiger partial charge on any atom is -0.497 e. The number of benzene rings is 2. The van der Waals surface area contributed by atoms with Gasteiger partial charge in [-0.2, -0.15) is 5.10 Å². The molecule has 0 spiro atoms. The Labute approximate surface area is 179 Å². The molecule has 3 rings (SSSR count). The molecule has 9 heteroatoms. The van der Waals surface area contributed by atoms with Crippen molar-refractivity contribution in [3.05, 3.63) is 65.7 Å². The smallest absolute Gasteiger partial charge is 0.191 e. The predicted octanol–water partition coefficient (Wildman–Crippen LogP) is 3.10. The summed E-state index contributed by atoms with van der Waals surface area (Å²) in [6, 6.07) is 13.9. The third kappa shape index (κ3) is 5.91. The zero-order chi connectivity index (χ0) is 19.1. The summed E-state index contributed by atoms with van der Waals surface area (Å²) >= 11 is 0. The molecule has 0 unspecified atom stereocenters. The number of hydrogen-bond donors (Lipinski definition) is 3. The van der Waals surface area contributed by atoms with Crippen molar-refractivity contribution < 1.29 is 9.13 Å². The van der Waals surface area contributed by atoms with Crippen molar-refractivity contribution in [3.8, 4) is 17.1 Å². The number of halogens is 2. The molecule has 3 N–H and O–H groups in total. The number of H-pyrrole nitrogens is 1. The zero-order valence-electron chi connectivity index (χ0n) is 15.6. The third-order valence-electron chi connectivity index (χ3n) is 3.90. The molecule has 0 aliphatic carbocycles. The van der Waals surface area contributed by atoms with E-state index in [1.165, 1.54) is 12.1 Å². The van der Waals surface area contributed by atoms with Gasteiger partial charge in [-0.25, -0.2) is 9.37 Å². The van der Waals surface area contributed by atoms with E-state index >= 15 is 0 Å². The second kappa shape index (κ2) is 10.6. The van der Waals surface area contributed by atoms with Crippen LogP contribution < -0.4 is 15.4 Å². The molecular formula is C19H22FIN6O. The van der Waals surface area contributed by atoms with Gasteiger partial charge in [-0.1, -0.05) is 12.1 Å². The fourth-order valence-corrected chi connectivity index (χ4v) is 2.42. The highest BCUT2D eigenvalue weighted by molar-refractivity contribution is 14.0. The van der Waals surface area contributed by atoms with Crippen LogP contribution in [-0.2, 0) is 13.1 Å². The van der Waals surface area contributed by atoms with E-state index < -0.39 is 0 Å². The van der Waals surface area contributed by atoms with Gasteiger partial charge in [0.25, 0.3) is 0 Å². The van der Waals surface area contributed by atoms with Crippen LogP contribution >= 0.6 is 24.0 Å². The maximum atomic E-state index is 12.9. The topological polar surface area (TPSA) is 87.2 Å². The van der Waals surface area contributed by atoms with Crippen molar-refractivity contribution in [1.29, 1.82) is 0 Å². The van der Waals surface area contributed by atoms with E-state index in [1.807, 2.05) is 24.3 Å². The number of guanidine groups is 1. The molecule has 0 saturated carbocycles. The Hall–Kier alpha value is -2.69. The highest BCUT2D eigenvalue weighted by Gasteiger charge is 2.07. The van der Waals surface area contributed by atoms with Crippen LogP contribution in [0.2, 0.25) is 0 Å². The van der Waals surface area contributed by atoms with Gasteiger partial charge >= 0.3 is 0 Å². The summed E-state index contributed by atoms with van der Waals surface area (Å²) in [5.41, 5.74) is 1.86. The first kappa shape index (κ1) is 21.6. The number of nitrogens with one attached hydrogen (secondary N) is 3. The van der Waals surface area contributed by atoms with Gasteiger partial charge in [0.1, 0.15) is 17.4 Å². The maximum absolute atomic E-state index is 12.9. The third-order valence-corrected chi connectivity index (χ3v) is 3.90. The van der Waals surface area contributed by atoms with Crippen molar-refractivity contribution >= 4 is 29.9 Å². The Morgan fingerprint density at radius 3 is 2.39 bits per heavy atom. The van der Waals surface area contributed by atoms with E-state index in [4.69, 9.17) is 4.74 Å². The van der Waals surface area contributed by atoms with Gasteiger partial charge < -0.3 is 15.4 Å². The molecule has 0 radical (unpaired) electrons. The normalized spacial score (nSPS) is 10.9. The molecule has 1 heterocycles. The van der Waals surface area contributed by atoms with Crippen molar-refractivity contribution in [2.75, 3.05) is 14.2 Å². The highest BCUT2D eigenvalue weighted by atomic mass is 127. The van der Waals surface area contributed by atoms with Crippen LogP contribution in [0.15, 0.2) is 53.5 Å². The Morgan fingerprint density at radius 2 is 1.75 bits per heavy atom. The molecule has 2 aromatic carbocycles. The number of nitrogens with zero attached hydrogens (tertiary/aromatic N) is 3. The number of hydrogen-bond acceptors (Lipinski definition) is 4. The first-order valence-corrected chi connectivity index (χ1v) is 8.42. The maximum Gasteiger partial charge on any atom is 0.191 e. The van der Waals surface area contributed by atoms with Gasteiger partial charge in [0.15, 0.2) is 11.8 Å². The number of aromatic nitrogens is 3. The van der Waals surface area contributed by atoms with Crippen LogP contribution in [-0.4, -0.2) is 35.3 Å². The molecule has 0 bridgehead atoms. The summed E-state index contributed by atoms with van der Waals surface area (Å²) in [6.45, 7) is 0.972. The number of rotatable bonds is 6. The molecule has 0 aliphatic rings. The Bertz CT molecular complexity index is 896. The minimum absolute atomic E-state index is 0. The SMILES string of the molecule is CN=C(NCc1ccc(F)cc1)NCc1nc(-c2ccc(OC)cc2)n[nH]1.I. The molecule has 0 amide bonds. The highest BCUT2D eigenvalue weighted by Crippen LogP contribution is 2.18. The van der Waals surface area contributed by atoms with E-state index in [2.05, 4.69) is 30.8 Å². The largest absolute Gasteiger partial charge is 0.497 e. The van der Waals surface area contributed by atoms with E-state index in [-0.39, 0.29) is 29.8 Å². The van der Waals surface area contributed by atoms with Gasteiger partial charge in [0.05, 0.1) is 13.7 Å². The Balaban J connectivity index is 0.00000280. The second-order valence-electron chi connectivity index (χ2n) is 5.74. The van der Waals surface area contributed by atoms with Crippen LogP contribution in [0.25, 0.3) is 11.4 Å². The number of aliphatic imine (C=N–C) groups is 1. The Morgan fingerprint density at radius 1 is 1.07 bits per heavy atom. The fraction of sp³-hybridized carbons (Fsp3) is 0.211. The van der Waals surface area contributed by atoms with Crippen LogP contribution in [0.3, 0.4) is 0 Å². The van der Waals surface area contributed by atoms with Crippen LogP contribution in [0, 0.1) is 5.82 Å². The van der Waals surface area contributed by atoms with E-state index in [0.29, 0.717) is 30.7 Å². The summed E-state index contributed by atoms with van der Waals surface area (Å²) in [5.74, 6) is 2.45. The van der Waals surface area contributed by atoms with E-state index in [9.17, 15) is 4.39 Å². The van der Waals surface area contributed by atoms with Gasteiger partial charge in [-0.05, 0) is 42.0 Å². The number of ether oxygens (including phenoxy) is 1. The predicted molar refractivity (Wildman–Crippen MR) is 117 cm³/mol. The molecule has 3 aromatic rings. The summed E-state index contributed by atoms with van der Waals surface area (Å²) in [7, 11) is 3.31. The molecule has 1 aromatic heterocycles. The first-order valence-electron chi connectivity index (χ1n) is 8.42. The molecule has 0 atom stereocenters. The van der Waals surface area contributed by atoms with Gasteiger partial charge in [-0.3, -0.25) is 10.1 Å². The standard InChI is InChI=1S/C19H21FN6O.HI/c1-21-19(22-11-13-3-7-15(20)8-4-13)23-12-17-24-18(26-25-17)14-5-9-16(27-2)10-6-14;/h3-10H,11-12H2,1-2H3,(H2,21,22,23)(H,24,25,26);1H. The molecule has 148 valence electrons. The van der Waals surface area contributed by atoms with Gasteiger partial charge in [-0.15, -0.1) is 24.0 Å². The molecular weight excluding hydrogens is 474 g/mol. The fourth-order valence-electron chi connectivity index (χ4n) is 2.42. The van der Waals surface area contributed by atoms with Crippen LogP contribution in [0.1, 0.15) is 11.4 Å². The summed E-state index contributed by atoms with van der Waals surface area (Å²) in [6.07, 6.45) is 0. The molecule has 0 saturated heterocycles. The monoisotopic (exact) mass is 496 g/mol. The van der Waals surface area contributed by atoms with Crippen molar-refractivity contribution in [1.82, 2.24) is 25.8 Å². The lowest BCUT2D eigenvalue weighted by Gasteiger charge is -2.10. The molecule has 0 fully saturated rings. The number of aromatic amines is 1. The lowest BCUT2D eigenvalue weighted by Crippen LogP contribution is -2.36. The van der Waals surface area contributed by atoms with Crippen molar-refractivity contribution in [2.45, 2.75) is 13.1 Å². The lowest BCUT2D eigenvalue weighted by molar-refractivity contribution is 0.415. The quantitative estimate of drug-likeness (QED) is 0.278. The number of methoxy groups -OCH3 is 1. The first-order chi connectivity index (χ1) is 13.2. The minimum atomic E-state index is -0.251. The lowest BCUT2D eigenvalue weighted by atomic mass is 10.2. The molecule has 7 nitrogen and oxygen atoms in total. The van der Waals surface area contributed by atoms with Crippen LogP contribution in [0.4, 0.5) is 4.39 Å². The van der Waals surface area contributed by atoms with E-state index in [0.717, 1.165) is 16.9 Å². The van der Waals surface area contributed by atoms with Gasteiger partial charge in [0.2, 0.25) is 0 Å². The Kier molecular flexibility index (Phi) is 8.18. The van der Waals surface area contributed by atoms with E-state index in [1.54, 1.807) is 26.3 Å². The summed E-state index contributed by atoms with van der Waals surface area (Å²) in [4.78, 5) is 8.64.